The Hall–Kier alpha value is -1.75. The van der Waals surface area contributed by atoms with E-state index >= 15 is 0 Å². The normalized spacial score (nSPS) is 11.1. The quantitative estimate of drug-likeness (QED) is 0.439. The van der Waals surface area contributed by atoms with Crippen LogP contribution in [0.3, 0.4) is 0 Å². The summed E-state index contributed by atoms with van der Waals surface area (Å²) in [7, 11) is 0. The van der Waals surface area contributed by atoms with Gasteiger partial charge in [-0.2, -0.15) is 0 Å². The van der Waals surface area contributed by atoms with Crippen molar-refractivity contribution in [1.29, 1.82) is 0 Å². The van der Waals surface area contributed by atoms with Crippen LogP contribution in [0.2, 0.25) is 0 Å². The number of nitroso groups, excluding NO2 is 1. The van der Waals surface area contributed by atoms with Gasteiger partial charge >= 0.3 is 0 Å². The van der Waals surface area contributed by atoms with Gasteiger partial charge in [0.2, 0.25) is 0 Å². The molecule has 0 aromatic heterocycles. The minimum Gasteiger partial charge on any atom is -0.258 e. The van der Waals surface area contributed by atoms with Crippen LogP contribution in [0.25, 0.3) is 5.70 Å². The highest BCUT2D eigenvalue weighted by molar-refractivity contribution is 6.28. The first kappa shape index (κ1) is 10.3. The Balaban J connectivity index is 3.05. The van der Waals surface area contributed by atoms with Crippen LogP contribution in [-0.2, 0) is 0 Å². The highest BCUT2D eigenvalue weighted by atomic mass is 35.5. The van der Waals surface area contributed by atoms with Crippen LogP contribution in [0.15, 0.2) is 35.0 Å². The molecular formula is C8H5ClN2O3. The zero-order valence-corrected chi connectivity index (χ0v) is 7.64. The van der Waals surface area contributed by atoms with E-state index in [1.165, 1.54) is 24.3 Å². The lowest BCUT2D eigenvalue weighted by atomic mass is 10.2. The van der Waals surface area contributed by atoms with Gasteiger partial charge in [-0.1, -0.05) is 11.6 Å². The average Bonchev–Trinajstić information content (AvgIpc) is 2.20. The first-order valence-corrected chi connectivity index (χ1v) is 4.01. The summed E-state index contributed by atoms with van der Waals surface area (Å²) in [6, 6.07) is 5.38. The lowest BCUT2D eigenvalue weighted by molar-refractivity contribution is -0.384. The van der Waals surface area contributed by atoms with Crippen molar-refractivity contribution in [3.05, 3.63) is 50.4 Å². The average molecular weight is 213 g/mol. The van der Waals surface area contributed by atoms with Crippen LogP contribution in [0, 0.1) is 15.0 Å². The Morgan fingerprint density at radius 3 is 2.36 bits per heavy atom. The van der Waals surface area contributed by atoms with E-state index in [2.05, 4.69) is 5.18 Å². The van der Waals surface area contributed by atoms with Crippen molar-refractivity contribution in [3.8, 4) is 0 Å². The lowest BCUT2D eigenvalue weighted by Crippen LogP contribution is -1.87. The summed E-state index contributed by atoms with van der Waals surface area (Å²) in [5, 5.41) is 13.0. The number of hydrogen-bond acceptors (Lipinski definition) is 4. The monoisotopic (exact) mass is 212 g/mol. The SMILES string of the molecule is O=N/C(=C/Cl)c1ccc([N+](=O)[O-])cc1. The third kappa shape index (κ3) is 2.14. The molecule has 0 heterocycles. The van der Waals surface area contributed by atoms with Crippen molar-refractivity contribution in [3.63, 3.8) is 0 Å². The van der Waals surface area contributed by atoms with Gasteiger partial charge < -0.3 is 0 Å². The van der Waals surface area contributed by atoms with Crippen LogP contribution >= 0.6 is 11.6 Å². The fourth-order valence-corrected chi connectivity index (χ4v) is 1.06. The maximum atomic E-state index is 10.3. The summed E-state index contributed by atoms with van der Waals surface area (Å²) >= 11 is 5.31. The second-order valence-corrected chi connectivity index (χ2v) is 2.61. The summed E-state index contributed by atoms with van der Waals surface area (Å²) in [6.07, 6.45) is 0. The van der Waals surface area contributed by atoms with Crippen molar-refractivity contribution in [2.45, 2.75) is 0 Å². The van der Waals surface area contributed by atoms with Crippen molar-refractivity contribution in [2.24, 2.45) is 5.18 Å². The molecule has 0 atom stereocenters. The van der Waals surface area contributed by atoms with E-state index in [4.69, 9.17) is 11.6 Å². The highest BCUT2D eigenvalue weighted by Crippen LogP contribution is 2.19. The topological polar surface area (TPSA) is 72.6 Å². The summed E-state index contributed by atoms with van der Waals surface area (Å²) in [5.41, 5.74) is 1.46. The fraction of sp³-hybridized carbons (Fsp3) is 0. The minimum absolute atomic E-state index is 0.0431. The lowest BCUT2D eigenvalue weighted by Gasteiger charge is -1.96. The van der Waals surface area contributed by atoms with E-state index in [0.717, 1.165) is 5.54 Å². The van der Waals surface area contributed by atoms with Crippen LogP contribution in [0.5, 0.6) is 0 Å². The van der Waals surface area contributed by atoms with Crippen LogP contribution in [-0.4, -0.2) is 4.92 Å². The van der Waals surface area contributed by atoms with Crippen molar-refractivity contribution >= 4 is 23.0 Å². The summed E-state index contributed by atoms with van der Waals surface area (Å²) in [5.74, 6) is 0. The fourth-order valence-electron chi connectivity index (χ4n) is 0.890. The molecule has 1 aromatic carbocycles. The Kier molecular flexibility index (Phi) is 3.30. The molecule has 0 bridgehead atoms. The molecule has 6 heteroatoms. The molecule has 0 unspecified atom stereocenters. The van der Waals surface area contributed by atoms with Gasteiger partial charge in [-0.05, 0) is 17.3 Å². The smallest absolute Gasteiger partial charge is 0.258 e. The van der Waals surface area contributed by atoms with E-state index in [1.807, 2.05) is 0 Å². The van der Waals surface area contributed by atoms with Gasteiger partial charge in [0.15, 0.2) is 0 Å². The predicted octanol–water partition coefficient (Wildman–Crippen LogP) is 2.90. The third-order valence-electron chi connectivity index (χ3n) is 1.58. The van der Waals surface area contributed by atoms with Crippen LogP contribution in [0.1, 0.15) is 5.56 Å². The van der Waals surface area contributed by atoms with Gasteiger partial charge in [-0.3, -0.25) is 10.1 Å². The Morgan fingerprint density at radius 2 is 2.00 bits per heavy atom. The molecule has 72 valence electrons. The Labute approximate surface area is 84.1 Å². The maximum Gasteiger partial charge on any atom is 0.269 e. The zero-order valence-electron chi connectivity index (χ0n) is 6.88. The van der Waals surface area contributed by atoms with Gasteiger partial charge in [0, 0.05) is 23.2 Å². The number of nitro groups is 1. The van der Waals surface area contributed by atoms with Crippen molar-refractivity contribution in [1.82, 2.24) is 0 Å². The molecule has 1 aromatic rings. The first-order valence-electron chi connectivity index (χ1n) is 3.57. The molecule has 0 saturated carbocycles. The molecule has 5 nitrogen and oxygen atoms in total. The van der Waals surface area contributed by atoms with Gasteiger partial charge in [-0.25, -0.2) is 0 Å². The summed E-state index contributed by atoms with van der Waals surface area (Å²) in [4.78, 5) is 20.0. The van der Waals surface area contributed by atoms with Crippen molar-refractivity contribution in [2.75, 3.05) is 0 Å². The molecule has 0 fully saturated rings. The molecule has 0 amide bonds. The minimum atomic E-state index is -0.526. The highest BCUT2D eigenvalue weighted by Gasteiger charge is 2.06. The molecule has 0 aliphatic heterocycles. The molecule has 1 rings (SSSR count). The molecule has 0 aliphatic carbocycles. The third-order valence-corrected chi connectivity index (χ3v) is 1.78. The Morgan fingerprint density at radius 1 is 1.43 bits per heavy atom. The number of benzene rings is 1. The molecule has 0 aliphatic rings. The van der Waals surface area contributed by atoms with E-state index in [-0.39, 0.29) is 11.4 Å². The standard InChI is InChI=1S/C8H5ClN2O3/c9-5-8(10-12)6-1-3-7(4-2-6)11(13)14/h1-5H/b8-5+. The molecule has 0 spiro atoms. The molecule has 0 radical (unpaired) electrons. The largest absolute Gasteiger partial charge is 0.269 e. The van der Waals surface area contributed by atoms with Crippen LogP contribution in [0.4, 0.5) is 5.69 Å². The van der Waals surface area contributed by atoms with Crippen LogP contribution < -0.4 is 0 Å². The second kappa shape index (κ2) is 4.48. The number of non-ortho nitro benzene ring substituents is 1. The van der Waals surface area contributed by atoms with Gasteiger partial charge in [0.05, 0.1) is 4.92 Å². The zero-order chi connectivity index (χ0) is 10.6. The van der Waals surface area contributed by atoms with Gasteiger partial charge in [-0.15, -0.1) is 4.91 Å². The van der Waals surface area contributed by atoms with E-state index in [9.17, 15) is 15.0 Å². The molecule has 0 N–H and O–H groups in total. The van der Waals surface area contributed by atoms with E-state index < -0.39 is 4.92 Å². The molecule has 0 saturated heterocycles. The number of hydrogen-bond donors (Lipinski definition) is 0. The molecular weight excluding hydrogens is 208 g/mol. The van der Waals surface area contributed by atoms with Crippen molar-refractivity contribution < 1.29 is 4.92 Å². The van der Waals surface area contributed by atoms with E-state index in [0.29, 0.717) is 5.56 Å². The molecule has 14 heavy (non-hydrogen) atoms. The van der Waals surface area contributed by atoms with E-state index in [1.54, 1.807) is 0 Å². The predicted molar refractivity (Wildman–Crippen MR) is 52.7 cm³/mol. The maximum absolute atomic E-state index is 10.3. The number of nitro benzene ring substituents is 1. The summed E-state index contributed by atoms with van der Waals surface area (Å²) < 4.78 is 0. The Bertz CT molecular complexity index is 386. The number of rotatable bonds is 3. The first-order chi connectivity index (χ1) is 6.69. The number of nitrogens with zero attached hydrogens (tertiary/aromatic N) is 2. The second-order valence-electron chi connectivity index (χ2n) is 2.39. The summed E-state index contributed by atoms with van der Waals surface area (Å²) in [6.45, 7) is 0. The van der Waals surface area contributed by atoms with Gasteiger partial charge in [0.1, 0.15) is 5.70 Å². The van der Waals surface area contributed by atoms with Gasteiger partial charge in [0.25, 0.3) is 5.69 Å². The number of halogens is 1.